The largest absolute Gasteiger partial charge is 0.499 e. The van der Waals surface area contributed by atoms with Crippen molar-refractivity contribution in [3.63, 3.8) is 0 Å². The number of ether oxygens (including phenoxy) is 3. The van der Waals surface area contributed by atoms with Gasteiger partial charge in [0.25, 0.3) is 0 Å². The average molecular weight is 256 g/mol. The topological polar surface area (TPSA) is 44.8 Å². The van der Waals surface area contributed by atoms with E-state index in [1.54, 1.807) is 0 Å². The predicted molar refractivity (Wildman–Crippen MR) is 71.2 cm³/mol. The van der Waals surface area contributed by atoms with Crippen LogP contribution in [0.4, 0.5) is 0 Å². The number of carbonyl (C=O) groups excluding carboxylic acids is 1. The van der Waals surface area contributed by atoms with Crippen molar-refractivity contribution < 1.29 is 19.0 Å². The Morgan fingerprint density at radius 2 is 1.89 bits per heavy atom. The molecule has 18 heavy (non-hydrogen) atoms. The Hall–Kier alpha value is -1.29. The van der Waals surface area contributed by atoms with Crippen LogP contribution in [0.5, 0.6) is 0 Å². The van der Waals surface area contributed by atoms with Crippen LogP contribution in [0, 0.1) is 0 Å². The van der Waals surface area contributed by atoms with Gasteiger partial charge in [-0.15, -0.1) is 0 Å². The van der Waals surface area contributed by atoms with Crippen molar-refractivity contribution in [3.05, 3.63) is 24.5 Å². The van der Waals surface area contributed by atoms with E-state index >= 15 is 0 Å². The lowest BCUT2D eigenvalue weighted by Gasteiger charge is -2.07. The zero-order chi connectivity index (χ0) is 13.6. The third kappa shape index (κ3) is 8.82. The van der Waals surface area contributed by atoms with Gasteiger partial charge in [-0.1, -0.05) is 32.9 Å². The third-order valence-corrected chi connectivity index (χ3v) is 2.25. The highest BCUT2D eigenvalue weighted by molar-refractivity contribution is 5.88. The molecule has 0 saturated carbocycles. The Morgan fingerprint density at radius 1 is 1.17 bits per heavy atom. The molecule has 0 aromatic heterocycles. The van der Waals surface area contributed by atoms with Gasteiger partial charge in [-0.2, -0.15) is 0 Å². The molecule has 0 atom stereocenters. The number of carbonyl (C=O) groups is 1. The predicted octanol–water partition coefficient (Wildman–Crippen LogP) is 2.84. The van der Waals surface area contributed by atoms with Crippen LogP contribution in [0.15, 0.2) is 24.5 Å². The molecule has 0 aromatic carbocycles. The van der Waals surface area contributed by atoms with E-state index in [1.807, 2.05) is 13.0 Å². The summed E-state index contributed by atoms with van der Waals surface area (Å²) in [5.74, 6) is -0.239. The summed E-state index contributed by atoms with van der Waals surface area (Å²) in [4.78, 5) is 11.6. The van der Waals surface area contributed by atoms with Crippen molar-refractivity contribution in [2.45, 2.75) is 33.1 Å². The molecule has 0 saturated heterocycles. The molecule has 4 nitrogen and oxygen atoms in total. The van der Waals surface area contributed by atoms with E-state index < -0.39 is 0 Å². The van der Waals surface area contributed by atoms with Crippen molar-refractivity contribution in [1.29, 1.82) is 0 Å². The molecular weight excluding hydrogens is 232 g/mol. The van der Waals surface area contributed by atoms with Gasteiger partial charge in [0.1, 0.15) is 13.2 Å². The summed E-state index contributed by atoms with van der Waals surface area (Å²) in [5.41, 5.74) is 0.742. The van der Waals surface area contributed by atoms with Crippen LogP contribution >= 0.6 is 0 Å². The molecular formula is C14H24O4. The normalized spacial score (nSPS) is 11.1. The molecule has 104 valence electrons. The maximum atomic E-state index is 11.6. The van der Waals surface area contributed by atoms with Crippen molar-refractivity contribution in [2.75, 3.05) is 26.4 Å². The Balaban J connectivity index is 3.65. The van der Waals surface area contributed by atoms with Gasteiger partial charge in [0.15, 0.2) is 0 Å². The summed E-state index contributed by atoms with van der Waals surface area (Å²) in [6.07, 6.45) is 5.96. The van der Waals surface area contributed by atoms with Crippen LogP contribution < -0.4 is 0 Å². The molecule has 0 aliphatic rings. The molecule has 4 heteroatoms. The second-order valence-corrected chi connectivity index (χ2v) is 3.66. The molecule has 0 N–H and O–H groups in total. The van der Waals surface area contributed by atoms with Gasteiger partial charge in [0.2, 0.25) is 0 Å². The van der Waals surface area contributed by atoms with Crippen molar-refractivity contribution >= 4 is 5.97 Å². The van der Waals surface area contributed by atoms with Crippen LogP contribution in [-0.2, 0) is 19.0 Å². The van der Waals surface area contributed by atoms with Gasteiger partial charge in [0.05, 0.1) is 19.5 Å². The van der Waals surface area contributed by atoms with E-state index in [0.717, 1.165) is 18.4 Å². The quantitative estimate of drug-likeness (QED) is 0.247. The van der Waals surface area contributed by atoms with E-state index in [1.165, 1.54) is 6.26 Å². The van der Waals surface area contributed by atoms with Crippen molar-refractivity contribution in [1.82, 2.24) is 0 Å². The molecule has 0 bridgehead atoms. The van der Waals surface area contributed by atoms with Crippen LogP contribution in [-0.4, -0.2) is 32.4 Å². The molecule has 0 aliphatic carbocycles. The summed E-state index contributed by atoms with van der Waals surface area (Å²) in [6.45, 7) is 9.04. The van der Waals surface area contributed by atoms with Crippen LogP contribution in [0.25, 0.3) is 0 Å². The maximum Gasteiger partial charge on any atom is 0.333 e. The minimum atomic E-state index is -0.239. The average Bonchev–Trinajstić information content (AvgIpc) is 2.38. The highest BCUT2D eigenvalue weighted by Gasteiger charge is 2.07. The molecule has 0 aliphatic heterocycles. The fraction of sp³-hybridized carbons (Fsp3) is 0.643. The lowest BCUT2D eigenvalue weighted by molar-refractivity contribution is -0.140. The first-order valence-electron chi connectivity index (χ1n) is 6.42. The Morgan fingerprint density at radius 3 is 2.50 bits per heavy atom. The van der Waals surface area contributed by atoms with Gasteiger partial charge >= 0.3 is 5.97 Å². The SMILES string of the molecule is C=COCCOCCOC(=O)C(=CCCC)CC. The Kier molecular flexibility index (Phi) is 11.3. The summed E-state index contributed by atoms with van der Waals surface area (Å²) in [5, 5.41) is 0. The smallest absolute Gasteiger partial charge is 0.333 e. The fourth-order valence-corrected chi connectivity index (χ4v) is 1.27. The first-order chi connectivity index (χ1) is 8.76. The van der Waals surface area contributed by atoms with E-state index in [9.17, 15) is 4.79 Å². The monoisotopic (exact) mass is 256 g/mol. The van der Waals surface area contributed by atoms with E-state index in [-0.39, 0.29) is 12.6 Å². The van der Waals surface area contributed by atoms with Crippen LogP contribution in [0.1, 0.15) is 33.1 Å². The first-order valence-corrected chi connectivity index (χ1v) is 6.42. The van der Waals surface area contributed by atoms with Gasteiger partial charge < -0.3 is 14.2 Å². The van der Waals surface area contributed by atoms with E-state index in [4.69, 9.17) is 14.2 Å². The zero-order valence-corrected chi connectivity index (χ0v) is 11.4. The fourth-order valence-electron chi connectivity index (χ4n) is 1.27. The molecule has 0 radical (unpaired) electrons. The summed E-state index contributed by atoms with van der Waals surface area (Å²) >= 11 is 0. The van der Waals surface area contributed by atoms with Gasteiger partial charge in [0, 0.05) is 5.57 Å². The number of rotatable bonds is 11. The van der Waals surface area contributed by atoms with Gasteiger partial charge in [-0.25, -0.2) is 4.79 Å². The molecule has 0 unspecified atom stereocenters. The summed E-state index contributed by atoms with van der Waals surface area (Å²) < 4.78 is 15.2. The number of hydrogen-bond acceptors (Lipinski definition) is 4. The van der Waals surface area contributed by atoms with Crippen LogP contribution in [0.3, 0.4) is 0 Å². The lowest BCUT2D eigenvalue weighted by Crippen LogP contribution is -2.13. The minimum Gasteiger partial charge on any atom is -0.499 e. The van der Waals surface area contributed by atoms with Gasteiger partial charge in [-0.05, 0) is 12.8 Å². The molecule has 0 aromatic rings. The molecule has 0 heterocycles. The summed E-state index contributed by atoms with van der Waals surface area (Å²) in [7, 11) is 0. The number of esters is 1. The molecule has 0 fully saturated rings. The zero-order valence-electron chi connectivity index (χ0n) is 11.4. The summed E-state index contributed by atoms with van der Waals surface area (Å²) in [6, 6.07) is 0. The lowest BCUT2D eigenvalue weighted by atomic mass is 10.1. The van der Waals surface area contributed by atoms with Crippen molar-refractivity contribution in [2.24, 2.45) is 0 Å². The second kappa shape index (κ2) is 12.2. The molecule has 0 amide bonds. The number of hydrogen-bond donors (Lipinski definition) is 0. The maximum absolute atomic E-state index is 11.6. The Bertz CT molecular complexity index is 259. The first kappa shape index (κ1) is 16.7. The second-order valence-electron chi connectivity index (χ2n) is 3.66. The minimum absolute atomic E-state index is 0.239. The molecule has 0 rings (SSSR count). The van der Waals surface area contributed by atoms with Crippen molar-refractivity contribution in [3.8, 4) is 0 Å². The third-order valence-electron chi connectivity index (χ3n) is 2.25. The Labute approximate surface area is 110 Å². The highest BCUT2D eigenvalue weighted by Crippen LogP contribution is 2.06. The van der Waals surface area contributed by atoms with Gasteiger partial charge in [-0.3, -0.25) is 0 Å². The van der Waals surface area contributed by atoms with Crippen LogP contribution in [0.2, 0.25) is 0 Å². The molecule has 0 spiro atoms. The highest BCUT2D eigenvalue weighted by atomic mass is 16.6. The standard InChI is InChI=1S/C14H24O4/c1-4-7-8-13(5-2)14(15)18-12-11-17-10-9-16-6-3/h6,8H,3-5,7,9-12H2,1-2H3. The number of allylic oxidation sites excluding steroid dienone is 1. The number of unbranched alkanes of at least 4 members (excludes halogenated alkanes) is 1. The van der Waals surface area contributed by atoms with E-state index in [0.29, 0.717) is 26.2 Å². The van der Waals surface area contributed by atoms with E-state index in [2.05, 4.69) is 13.5 Å².